The maximum atomic E-state index is 6.07. The lowest BCUT2D eigenvalue weighted by molar-refractivity contribution is -0.105. The molecular weight excluding hydrogens is 254 g/mol. The maximum absolute atomic E-state index is 6.07. The van der Waals surface area contributed by atoms with Gasteiger partial charge in [-0.05, 0) is 44.6 Å². The molecule has 0 aromatic rings. The first-order valence-electron chi connectivity index (χ1n) is 8.38. The van der Waals surface area contributed by atoms with E-state index in [4.69, 9.17) is 14.2 Å². The van der Waals surface area contributed by atoms with E-state index in [0.29, 0.717) is 18.1 Å². The molecule has 3 rings (SSSR count). The molecule has 0 amide bonds. The van der Waals surface area contributed by atoms with Gasteiger partial charge < -0.3 is 19.5 Å². The molecule has 0 aromatic carbocycles. The summed E-state index contributed by atoms with van der Waals surface area (Å²) in [6.07, 6.45) is 7.49. The lowest BCUT2D eigenvalue weighted by atomic mass is 9.79. The Morgan fingerprint density at radius 3 is 2.90 bits per heavy atom. The highest BCUT2D eigenvalue weighted by atomic mass is 16.6. The molecule has 0 aliphatic carbocycles. The molecule has 3 saturated heterocycles. The molecule has 0 aromatic heterocycles. The summed E-state index contributed by atoms with van der Waals surface area (Å²) in [5.41, 5.74) is 0.0210. The van der Waals surface area contributed by atoms with Crippen molar-refractivity contribution in [2.75, 3.05) is 33.0 Å². The molecule has 116 valence electrons. The molecule has 1 N–H and O–H groups in total. The molecule has 20 heavy (non-hydrogen) atoms. The Balaban J connectivity index is 1.60. The van der Waals surface area contributed by atoms with E-state index in [2.05, 4.69) is 12.2 Å². The second-order valence-electron chi connectivity index (χ2n) is 6.62. The Labute approximate surface area is 122 Å². The predicted octanol–water partition coefficient (Wildman–Crippen LogP) is 2.12. The number of hydrogen-bond acceptors (Lipinski definition) is 4. The van der Waals surface area contributed by atoms with Crippen LogP contribution in [-0.2, 0) is 14.2 Å². The average Bonchev–Trinajstić information content (AvgIpc) is 3.11. The number of rotatable bonds is 5. The predicted molar refractivity (Wildman–Crippen MR) is 77.9 cm³/mol. The third kappa shape index (κ3) is 3.35. The van der Waals surface area contributed by atoms with E-state index < -0.39 is 0 Å². The zero-order valence-electron chi connectivity index (χ0n) is 12.7. The quantitative estimate of drug-likeness (QED) is 0.839. The topological polar surface area (TPSA) is 39.7 Å². The Kier molecular flexibility index (Phi) is 4.97. The zero-order chi connectivity index (χ0) is 13.8. The van der Waals surface area contributed by atoms with E-state index in [0.717, 1.165) is 52.2 Å². The number of hydrogen-bond donors (Lipinski definition) is 1. The molecule has 1 spiro atoms. The molecule has 0 radical (unpaired) electrons. The molecular formula is C16H29NO3. The van der Waals surface area contributed by atoms with Crippen LogP contribution in [0.5, 0.6) is 0 Å². The summed E-state index contributed by atoms with van der Waals surface area (Å²) < 4.78 is 17.5. The van der Waals surface area contributed by atoms with E-state index in [1.807, 2.05) is 0 Å². The van der Waals surface area contributed by atoms with Crippen LogP contribution in [0.3, 0.4) is 0 Å². The van der Waals surface area contributed by atoms with Crippen LogP contribution in [0.4, 0.5) is 0 Å². The smallest absolute Gasteiger partial charge is 0.0939 e. The normalized spacial score (nSPS) is 39.5. The summed E-state index contributed by atoms with van der Waals surface area (Å²) in [6.45, 7) is 6.75. The average molecular weight is 283 g/mol. The van der Waals surface area contributed by atoms with Gasteiger partial charge in [0.15, 0.2) is 0 Å². The Morgan fingerprint density at radius 2 is 2.20 bits per heavy atom. The van der Waals surface area contributed by atoms with E-state index >= 15 is 0 Å². The largest absolute Gasteiger partial charge is 0.378 e. The molecule has 4 nitrogen and oxygen atoms in total. The second-order valence-corrected chi connectivity index (χ2v) is 6.62. The van der Waals surface area contributed by atoms with Gasteiger partial charge >= 0.3 is 0 Å². The summed E-state index contributed by atoms with van der Waals surface area (Å²) in [4.78, 5) is 0. The summed E-state index contributed by atoms with van der Waals surface area (Å²) in [5.74, 6) is 0.703. The maximum Gasteiger partial charge on any atom is 0.0939 e. The number of nitrogens with one attached hydrogen (secondary N) is 1. The van der Waals surface area contributed by atoms with Gasteiger partial charge in [0.25, 0.3) is 0 Å². The van der Waals surface area contributed by atoms with Crippen LogP contribution in [0.15, 0.2) is 0 Å². The van der Waals surface area contributed by atoms with Crippen molar-refractivity contribution in [1.29, 1.82) is 0 Å². The van der Waals surface area contributed by atoms with Gasteiger partial charge in [-0.15, -0.1) is 0 Å². The lowest BCUT2D eigenvalue weighted by Crippen LogP contribution is -2.48. The number of ether oxygens (including phenoxy) is 3. The second kappa shape index (κ2) is 6.73. The molecule has 3 fully saturated rings. The van der Waals surface area contributed by atoms with Gasteiger partial charge in [0.05, 0.1) is 18.3 Å². The molecule has 0 bridgehead atoms. The van der Waals surface area contributed by atoms with Crippen molar-refractivity contribution in [1.82, 2.24) is 5.32 Å². The SMILES string of the molecule is CCNC(CC1CCCO1)C1CCOC2(CCOC2)C1. The van der Waals surface area contributed by atoms with Crippen molar-refractivity contribution in [2.24, 2.45) is 5.92 Å². The Hall–Kier alpha value is -0.160. The zero-order valence-corrected chi connectivity index (χ0v) is 12.7. The van der Waals surface area contributed by atoms with E-state index in [-0.39, 0.29) is 5.60 Å². The van der Waals surface area contributed by atoms with Crippen LogP contribution < -0.4 is 5.32 Å². The van der Waals surface area contributed by atoms with Gasteiger partial charge in [0.2, 0.25) is 0 Å². The molecule has 4 unspecified atom stereocenters. The van der Waals surface area contributed by atoms with Crippen LogP contribution in [-0.4, -0.2) is 50.7 Å². The first-order chi connectivity index (χ1) is 9.81. The van der Waals surface area contributed by atoms with Gasteiger partial charge in [-0.25, -0.2) is 0 Å². The summed E-state index contributed by atoms with van der Waals surface area (Å²) in [7, 11) is 0. The van der Waals surface area contributed by atoms with Crippen molar-refractivity contribution in [3.8, 4) is 0 Å². The summed E-state index contributed by atoms with van der Waals surface area (Å²) in [5, 5.41) is 3.71. The molecule has 4 heteroatoms. The third-order valence-electron chi connectivity index (χ3n) is 5.17. The van der Waals surface area contributed by atoms with E-state index in [9.17, 15) is 0 Å². The Bertz CT molecular complexity index is 296. The standard InChI is InChI=1S/C16H29NO3/c1-2-17-15(10-14-4-3-7-19-14)13-5-8-20-16(11-13)6-9-18-12-16/h13-15,17H,2-12H2,1H3. The monoisotopic (exact) mass is 283 g/mol. The first-order valence-corrected chi connectivity index (χ1v) is 8.38. The highest BCUT2D eigenvalue weighted by molar-refractivity contribution is 4.94. The third-order valence-corrected chi connectivity index (χ3v) is 5.17. The van der Waals surface area contributed by atoms with Crippen molar-refractivity contribution in [3.63, 3.8) is 0 Å². The molecule has 4 atom stereocenters. The van der Waals surface area contributed by atoms with E-state index in [1.165, 1.54) is 19.3 Å². The Morgan fingerprint density at radius 1 is 1.25 bits per heavy atom. The fourth-order valence-electron chi connectivity index (χ4n) is 4.09. The minimum atomic E-state index is 0.0210. The fourth-order valence-corrected chi connectivity index (χ4v) is 4.09. The molecule has 0 saturated carbocycles. The van der Waals surface area contributed by atoms with Crippen molar-refractivity contribution in [3.05, 3.63) is 0 Å². The molecule has 3 aliphatic rings. The van der Waals surface area contributed by atoms with Crippen LogP contribution in [0.2, 0.25) is 0 Å². The van der Waals surface area contributed by atoms with Gasteiger partial charge in [-0.1, -0.05) is 6.92 Å². The van der Waals surface area contributed by atoms with Crippen LogP contribution >= 0.6 is 0 Å². The minimum absolute atomic E-state index is 0.0210. The van der Waals surface area contributed by atoms with Gasteiger partial charge in [0, 0.05) is 32.3 Å². The van der Waals surface area contributed by atoms with Crippen LogP contribution in [0.1, 0.15) is 45.4 Å². The molecule has 3 heterocycles. The first kappa shape index (κ1) is 14.8. The van der Waals surface area contributed by atoms with Crippen LogP contribution in [0, 0.1) is 5.92 Å². The lowest BCUT2D eigenvalue weighted by Gasteiger charge is -2.41. The van der Waals surface area contributed by atoms with Gasteiger partial charge in [-0.3, -0.25) is 0 Å². The minimum Gasteiger partial charge on any atom is -0.378 e. The van der Waals surface area contributed by atoms with Crippen molar-refractivity contribution < 1.29 is 14.2 Å². The highest BCUT2D eigenvalue weighted by Gasteiger charge is 2.43. The molecule has 3 aliphatic heterocycles. The van der Waals surface area contributed by atoms with E-state index in [1.54, 1.807) is 0 Å². The van der Waals surface area contributed by atoms with Crippen molar-refractivity contribution in [2.45, 2.75) is 63.2 Å². The van der Waals surface area contributed by atoms with Crippen molar-refractivity contribution >= 4 is 0 Å². The fraction of sp³-hybridized carbons (Fsp3) is 1.00. The van der Waals surface area contributed by atoms with Crippen LogP contribution in [0.25, 0.3) is 0 Å². The van der Waals surface area contributed by atoms with Gasteiger partial charge in [0.1, 0.15) is 0 Å². The van der Waals surface area contributed by atoms with Gasteiger partial charge in [-0.2, -0.15) is 0 Å². The summed E-state index contributed by atoms with van der Waals surface area (Å²) >= 11 is 0. The summed E-state index contributed by atoms with van der Waals surface area (Å²) in [6, 6.07) is 0.574. The highest BCUT2D eigenvalue weighted by Crippen LogP contribution is 2.38.